The summed E-state index contributed by atoms with van der Waals surface area (Å²) in [5.74, 6) is 0.00210. The number of aryl methyl sites for hydroxylation is 1. The van der Waals surface area contributed by atoms with Gasteiger partial charge in [0, 0.05) is 19.5 Å². The maximum atomic E-state index is 12.1. The maximum Gasteiger partial charge on any atom is 0.257 e. The van der Waals surface area contributed by atoms with E-state index >= 15 is 0 Å². The van der Waals surface area contributed by atoms with Crippen molar-refractivity contribution in [1.82, 2.24) is 14.9 Å². The van der Waals surface area contributed by atoms with Gasteiger partial charge in [0.2, 0.25) is 5.28 Å². The molecule has 0 saturated carbocycles. The van der Waals surface area contributed by atoms with Gasteiger partial charge in [-0.1, -0.05) is 6.92 Å². The summed E-state index contributed by atoms with van der Waals surface area (Å²) in [7, 11) is 1.81. The highest BCUT2D eigenvalue weighted by molar-refractivity contribution is 6.28. The van der Waals surface area contributed by atoms with E-state index < -0.39 is 0 Å². The summed E-state index contributed by atoms with van der Waals surface area (Å²) < 4.78 is 0. The lowest BCUT2D eigenvalue weighted by atomic mass is 9.97. The second-order valence-corrected chi connectivity index (χ2v) is 4.42. The fraction of sp³-hybridized carbons (Fsp3) is 0.545. The highest BCUT2D eigenvalue weighted by atomic mass is 35.5. The minimum atomic E-state index is 0.00210. The number of aromatic nitrogens is 2. The molecule has 1 aliphatic rings. The zero-order valence-electron chi connectivity index (χ0n) is 9.62. The van der Waals surface area contributed by atoms with Crippen LogP contribution in [-0.2, 0) is 12.8 Å². The summed E-state index contributed by atoms with van der Waals surface area (Å²) in [5, 5.41) is 0.236. The first kappa shape index (κ1) is 11.3. The third kappa shape index (κ3) is 1.67. The van der Waals surface area contributed by atoms with Crippen molar-refractivity contribution >= 4 is 17.5 Å². The zero-order valence-corrected chi connectivity index (χ0v) is 10.4. The van der Waals surface area contributed by atoms with E-state index in [0.717, 1.165) is 17.8 Å². The first-order valence-electron chi connectivity index (χ1n) is 5.37. The molecule has 0 spiro atoms. The quantitative estimate of drug-likeness (QED) is 0.701. The monoisotopic (exact) mass is 239 g/mol. The molecule has 0 bridgehead atoms. The van der Waals surface area contributed by atoms with Crippen LogP contribution in [0.4, 0.5) is 0 Å². The summed E-state index contributed by atoms with van der Waals surface area (Å²) in [6.45, 7) is 3.97. The molecule has 0 N–H and O–H groups in total. The fourth-order valence-electron chi connectivity index (χ4n) is 1.97. The summed E-state index contributed by atoms with van der Waals surface area (Å²) in [5.41, 5.74) is 2.18. The minimum absolute atomic E-state index is 0.00210. The summed E-state index contributed by atoms with van der Waals surface area (Å²) in [4.78, 5) is 22.1. The number of hydrogen-bond acceptors (Lipinski definition) is 3. The number of likely N-dealkylation sites (N-methyl/N-ethyl adjacent to an activating group) is 1. The van der Waals surface area contributed by atoms with Gasteiger partial charge in [-0.2, -0.15) is 0 Å². The van der Waals surface area contributed by atoms with Crippen molar-refractivity contribution in [2.24, 2.45) is 0 Å². The molecule has 86 valence electrons. The Hall–Kier alpha value is -1.16. The molecule has 2 rings (SSSR count). The molecule has 1 unspecified atom stereocenters. The van der Waals surface area contributed by atoms with Crippen molar-refractivity contribution in [2.75, 3.05) is 7.05 Å². The Bertz CT molecular complexity index is 447. The van der Waals surface area contributed by atoms with Crippen molar-refractivity contribution in [3.05, 3.63) is 22.2 Å². The molecule has 1 aliphatic heterocycles. The molecule has 5 heteroatoms. The second-order valence-electron chi connectivity index (χ2n) is 4.08. The summed E-state index contributed by atoms with van der Waals surface area (Å²) >= 11 is 5.85. The van der Waals surface area contributed by atoms with Crippen LogP contribution in [0.1, 0.15) is 35.6 Å². The molecule has 2 heterocycles. The van der Waals surface area contributed by atoms with E-state index in [-0.39, 0.29) is 17.2 Å². The Morgan fingerprint density at radius 1 is 1.50 bits per heavy atom. The molecular weight excluding hydrogens is 226 g/mol. The van der Waals surface area contributed by atoms with Crippen LogP contribution in [-0.4, -0.2) is 33.9 Å². The zero-order chi connectivity index (χ0) is 11.9. The molecule has 1 amide bonds. The van der Waals surface area contributed by atoms with Gasteiger partial charge >= 0.3 is 0 Å². The summed E-state index contributed by atoms with van der Waals surface area (Å²) in [6.07, 6.45) is 1.44. The Morgan fingerprint density at radius 3 is 2.81 bits per heavy atom. The van der Waals surface area contributed by atoms with Crippen LogP contribution in [0.25, 0.3) is 0 Å². The highest BCUT2D eigenvalue weighted by Crippen LogP contribution is 2.24. The molecular formula is C11H14ClN3O. The number of carbonyl (C=O) groups excluding carboxylic acids is 1. The van der Waals surface area contributed by atoms with Gasteiger partial charge < -0.3 is 4.90 Å². The van der Waals surface area contributed by atoms with Gasteiger partial charge in [-0.05, 0) is 24.9 Å². The van der Waals surface area contributed by atoms with Crippen LogP contribution in [0.5, 0.6) is 0 Å². The van der Waals surface area contributed by atoms with E-state index in [0.29, 0.717) is 12.0 Å². The lowest BCUT2D eigenvalue weighted by Gasteiger charge is -2.31. The molecule has 0 fully saturated rings. The number of carbonyl (C=O) groups is 1. The lowest BCUT2D eigenvalue weighted by molar-refractivity contribution is 0.0716. The summed E-state index contributed by atoms with van der Waals surface area (Å²) in [6, 6.07) is 0.163. The minimum Gasteiger partial charge on any atom is -0.338 e. The average molecular weight is 240 g/mol. The van der Waals surface area contributed by atoms with Gasteiger partial charge in [0.05, 0.1) is 17.0 Å². The number of nitrogens with zero attached hydrogens (tertiary/aromatic N) is 3. The van der Waals surface area contributed by atoms with Gasteiger partial charge in [-0.15, -0.1) is 0 Å². The maximum absolute atomic E-state index is 12.1. The third-order valence-electron chi connectivity index (χ3n) is 3.05. The number of rotatable bonds is 1. The standard InChI is InChI=1S/C11H14ClN3O/c1-4-7-9-8(14-11(12)13-7)5-6(2)15(3)10(9)16/h6H,4-5H2,1-3H3. The van der Waals surface area contributed by atoms with E-state index in [1.165, 1.54) is 0 Å². The van der Waals surface area contributed by atoms with Crippen LogP contribution in [0, 0.1) is 0 Å². The van der Waals surface area contributed by atoms with E-state index in [1.54, 1.807) is 4.90 Å². The molecule has 1 aromatic rings. The molecule has 0 radical (unpaired) electrons. The van der Waals surface area contributed by atoms with Gasteiger partial charge in [-0.25, -0.2) is 9.97 Å². The average Bonchev–Trinajstić information content (AvgIpc) is 2.24. The van der Waals surface area contributed by atoms with Crippen LogP contribution >= 0.6 is 11.6 Å². The normalized spacial score (nSPS) is 19.9. The van der Waals surface area contributed by atoms with Crippen LogP contribution in [0.3, 0.4) is 0 Å². The van der Waals surface area contributed by atoms with Gasteiger partial charge in [0.15, 0.2) is 0 Å². The van der Waals surface area contributed by atoms with Crippen LogP contribution in [0.15, 0.2) is 0 Å². The predicted octanol–water partition coefficient (Wildman–Crippen LogP) is 1.71. The predicted molar refractivity (Wildman–Crippen MR) is 61.7 cm³/mol. The van der Waals surface area contributed by atoms with Crippen molar-refractivity contribution in [1.29, 1.82) is 0 Å². The highest BCUT2D eigenvalue weighted by Gasteiger charge is 2.30. The molecule has 0 aliphatic carbocycles. The third-order valence-corrected chi connectivity index (χ3v) is 3.22. The number of fused-ring (bicyclic) bond motifs is 1. The lowest BCUT2D eigenvalue weighted by Crippen LogP contribution is -2.42. The van der Waals surface area contributed by atoms with Crippen molar-refractivity contribution < 1.29 is 4.79 Å². The Labute approximate surface area is 99.6 Å². The smallest absolute Gasteiger partial charge is 0.257 e. The molecule has 1 aromatic heterocycles. The van der Waals surface area contributed by atoms with E-state index in [1.807, 2.05) is 20.9 Å². The Kier molecular flexibility index (Phi) is 2.84. The van der Waals surface area contributed by atoms with Crippen LogP contribution < -0.4 is 0 Å². The van der Waals surface area contributed by atoms with E-state index in [2.05, 4.69) is 9.97 Å². The largest absolute Gasteiger partial charge is 0.338 e. The van der Waals surface area contributed by atoms with Gasteiger partial charge in [0.25, 0.3) is 5.91 Å². The number of hydrogen-bond donors (Lipinski definition) is 0. The molecule has 4 nitrogen and oxygen atoms in total. The second kappa shape index (κ2) is 4.01. The Morgan fingerprint density at radius 2 is 2.19 bits per heavy atom. The first-order valence-corrected chi connectivity index (χ1v) is 5.74. The van der Waals surface area contributed by atoms with Crippen LogP contribution in [0.2, 0.25) is 5.28 Å². The molecule has 0 saturated heterocycles. The molecule has 1 atom stereocenters. The molecule has 16 heavy (non-hydrogen) atoms. The van der Waals surface area contributed by atoms with Crippen molar-refractivity contribution in [3.63, 3.8) is 0 Å². The fourth-order valence-corrected chi connectivity index (χ4v) is 2.17. The van der Waals surface area contributed by atoms with Crippen molar-refractivity contribution in [2.45, 2.75) is 32.7 Å². The number of amides is 1. The number of halogens is 1. The van der Waals surface area contributed by atoms with Gasteiger partial charge in [0.1, 0.15) is 0 Å². The topological polar surface area (TPSA) is 46.1 Å². The Balaban J connectivity index is 2.60. The SMILES string of the molecule is CCc1nc(Cl)nc2c1C(=O)N(C)C(C)C2. The van der Waals surface area contributed by atoms with Crippen molar-refractivity contribution in [3.8, 4) is 0 Å². The first-order chi connectivity index (χ1) is 7.54. The van der Waals surface area contributed by atoms with E-state index in [9.17, 15) is 4.79 Å². The van der Waals surface area contributed by atoms with E-state index in [4.69, 9.17) is 11.6 Å². The van der Waals surface area contributed by atoms with Gasteiger partial charge in [-0.3, -0.25) is 4.79 Å². The molecule has 0 aromatic carbocycles.